The van der Waals surface area contributed by atoms with Crippen molar-refractivity contribution in [1.29, 1.82) is 0 Å². The van der Waals surface area contributed by atoms with Gasteiger partial charge in [-0.2, -0.15) is 0 Å². The molecule has 0 bridgehead atoms. The van der Waals surface area contributed by atoms with E-state index in [4.69, 9.17) is 0 Å². The van der Waals surface area contributed by atoms with Crippen molar-refractivity contribution in [2.45, 2.75) is 76.8 Å². The number of Topliss-reactive ketones (excluding diaryl/α,β-unsaturated/α-hetero) is 1. The molecule has 0 heterocycles. The van der Waals surface area contributed by atoms with E-state index in [0.717, 1.165) is 25.7 Å². The first-order chi connectivity index (χ1) is 11.2. The van der Waals surface area contributed by atoms with Crippen LogP contribution in [0.4, 0.5) is 0 Å². The van der Waals surface area contributed by atoms with Gasteiger partial charge in [-0.05, 0) is 55.3 Å². The van der Waals surface area contributed by atoms with Gasteiger partial charge in [-0.15, -0.1) is 0 Å². The molecule has 0 spiro atoms. The van der Waals surface area contributed by atoms with Gasteiger partial charge in [0.1, 0.15) is 5.78 Å². The van der Waals surface area contributed by atoms with Crippen LogP contribution >= 0.6 is 0 Å². The van der Waals surface area contributed by atoms with Crippen molar-refractivity contribution in [3.63, 3.8) is 0 Å². The zero-order valence-corrected chi connectivity index (χ0v) is 14.6. The molecule has 0 saturated heterocycles. The summed E-state index contributed by atoms with van der Waals surface area (Å²) in [6.45, 7) is 4.15. The molecule has 5 heteroatoms. The van der Waals surface area contributed by atoms with Crippen molar-refractivity contribution in [3.8, 4) is 0 Å². The van der Waals surface area contributed by atoms with Crippen molar-refractivity contribution < 1.29 is 25.2 Å². The molecule has 4 N–H and O–H groups in total. The molecule has 10 atom stereocenters. The summed E-state index contributed by atoms with van der Waals surface area (Å²) in [7, 11) is 0. The molecule has 0 aromatic heterocycles. The molecule has 5 nitrogen and oxygen atoms in total. The fourth-order valence-corrected chi connectivity index (χ4v) is 7.10. The van der Waals surface area contributed by atoms with Gasteiger partial charge in [0.2, 0.25) is 0 Å². The van der Waals surface area contributed by atoms with Crippen LogP contribution in [0.5, 0.6) is 0 Å². The first-order valence-electron chi connectivity index (χ1n) is 9.47. The molecule has 136 valence electrons. The molecular formula is C19H30O5. The smallest absolute Gasteiger partial charge is 0.139 e. The third-order valence-corrected chi connectivity index (χ3v) is 8.50. The van der Waals surface area contributed by atoms with Gasteiger partial charge in [0.15, 0.2) is 0 Å². The molecule has 4 saturated carbocycles. The monoisotopic (exact) mass is 338 g/mol. The fraction of sp³-hybridized carbons (Fsp3) is 0.947. The third-order valence-electron chi connectivity index (χ3n) is 8.50. The Morgan fingerprint density at radius 1 is 0.875 bits per heavy atom. The zero-order valence-electron chi connectivity index (χ0n) is 14.6. The van der Waals surface area contributed by atoms with Gasteiger partial charge in [-0.3, -0.25) is 4.79 Å². The zero-order chi connectivity index (χ0) is 17.4. The number of ketones is 1. The highest BCUT2D eigenvalue weighted by atomic mass is 16.3. The first-order valence-corrected chi connectivity index (χ1v) is 9.47. The second kappa shape index (κ2) is 5.26. The lowest BCUT2D eigenvalue weighted by atomic mass is 9.43. The van der Waals surface area contributed by atoms with Crippen LogP contribution in [0.1, 0.15) is 52.4 Å². The molecular weight excluding hydrogens is 308 g/mol. The predicted octanol–water partition coefficient (Wildman–Crippen LogP) is 0.871. The Balaban J connectivity index is 1.75. The Hall–Kier alpha value is -0.490. The number of aliphatic hydroxyl groups excluding tert-OH is 4. The predicted molar refractivity (Wildman–Crippen MR) is 86.9 cm³/mol. The molecule has 4 rings (SSSR count). The van der Waals surface area contributed by atoms with Crippen LogP contribution in [0.2, 0.25) is 0 Å². The quantitative estimate of drug-likeness (QED) is 0.525. The lowest BCUT2D eigenvalue weighted by Gasteiger charge is -2.63. The van der Waals surface area contributed by atoms with Gasteiger partial charge in [-0.1, -0.05) is 13.8 Å². The average Bonchev–Trinajstić information content (AvgIpc) is 2.84. The van der Waals surface area contributed by atoms with Gasteiger partial charge in [0, 0.05) is 17.8 Å². The Morgan fingerprint density at radius 2 is 1.58 bits per heavy atom. The SMILES string of the molecule is C[C@]12CC[C@@H](O)[C@H](O)[C@@H]1[C@@H](O)[C@H](O)[C@@H]1[C@@H]2CC[C@]2(C)C(=O)CC[C@@H]12. The summed E-state index contributed by atoms with van der Waals surface area (Å²) in [6.07, 6.45) is 0.545. The highest BCUT2D eigenvalue weighted by molar-refractivity contribution is 5.87. The van der Waals surface area contributed by atoms with E-state index in [1.54, 1.807) is 0 Å². The standard InChI is InChI=1S/C19H30O5/c1-18-7-5-10-13(9(18)3-4-12(18)21)16(23)17(24)14-15(22)11(20)6-8-19(10,14)2/h9-11,13-17,20,22-24H,3-8H2,1-2H3/t9-,10-,11+,13-,14+,15-,16+,17+,18-,19+/m0/s1. The number of carbonyl (C=O) groups excluding carboxylic acids is 1. The Bertz CT molecular complexity index is 550. The molecule has 0 aliphatic heterocycles. The Morgan fingerprint density at radius 3 is 2.29 bits per heavy atom. The van der Waals surface area contributed by atoms with Gasteiger partial charge in [0.25, 0.3) is 0 Å². The summed E-state index contributed by atoms with van der Waals surface area (Å²) in [5.41, 5.74) is -0.660. The number of hydrogen-bond donors (Lipinski definition) is 4. The first kappa shape index (κ1) is 17.0. The minimum Gasteiger partial charge on any atom is -0.390 e. The van der Waals surface area contributed by atoms with E-state index in [-0.39, 0.29) is 28.6 Å². The van der Waals surface area contributed by atoms with Crippen LogP contribution in [0.25, 0.3) is 0 Å². The average molecular weight is 338 g/mol. The maximum atomic E-state index is 12.4. The lowest BCUT2D eigenvalue weighted by molar-refractivity contribution is -0.248. The molecule has 0 amide bonds. The summed E-state index contributed by atoms with van der Waals surface area (Å²) in [5, 5.41) is 42.3. The largest absolute Gasteiger partial charge is 0.390 e. The van der Waals surface area contributed by atoms with Crippen LogP contribution in [0.3, 0.4) is 0 Å². The van der Waals surface area contributed by atoms with Crippen LogP contribution in [-0.4, -0.2) is 50.6 Å². The summed E-state index contributed by atoms with van der Waals surface area (Å²) in [5.74, 6) is 0.0223. The van der Waals surface area contributed by atoms with E-state index in [1.807, 2.05) is 6.92 Å². The van der Waals surface area contributed by atoms with Gasteiger partial charge in [0.05, 0.1) is 24.4 Å². The molecule has 0 aromatic carbocycles. The van der Waals surface area contributed by atoms with Crippen LogP contribution < -0.4 is 0 Å². The Kier molecular flexibility index (Phi) is 3.71. The maximum absolute atomic E-state index is 12.4. The summed E-state index contributed by atoms with van der Waals surface area (Å²) in [6, 6.07) is 0. The summed E-state index contributed by atoms with van der Waals surface area (Å²) < 4.78 is 0. The normalized spacial score (nSPS) is 60.3. The van der Waals surface area contributed by atoms with Crippen LogP contribution in [-0.2, 0) is 4.79 Å². The molecule has 0 radical (unpaired) electrons. The van der Waals surface area contributed by atoms with Gasteiger partial charge >= 0.3 is 0 Å². The lowest BCUT2D eigenvalue weighted by Crippen LogP contribution is -2.67. The maximum Gasteiger partial charge on any atom is 0.139 e. The van der Waals surface area contributed by atoms with Crippen molar-refractivity contribution in [3.05, 3.63) is 0 Å². The highest BCUT2D eigenvalue weighted by Gasteiger charge is 2.66. The highest BCUT2D eigenvalue weighted by Crippen LogP contribution is 2.65. The van der Waals surface area contributed by atoms with Crippen LogP contribution in [0, 0.1) is 34.5 Å². The van der Waals surface area contributed by atoms with E-state index < -0.39 is 30.3 Å². The van der Waals surface area contributed by atoms with Crippen LogP contribution in [0.15, 0.2) is 0 Å². The number of hydrogen-bond acceptors (Lipinski definition) is 5. The third kappa shape index (κ3) is 1.93. The van der Waals surface area contributed by atoms with E-state index in [1.165, 1.54) is 0 Å². The number of fused-ring (bicyclic) bond motifs is 5. The number of aliphatic hydroxyl groups is 4. The van der Waals surface area contributed by atoms with E-state index >= 15 is 0 Å². The van der Waals surface area contributed by atoms with Crippen molar-refractivity contribution in [2.75, 3.05) is 0 Å². The molecule has 24 heavy (non-hydrogen) atoms. The second-order valence-electron chi connectivity index (χ2n) is 9.32. The van der Waals surface area contributed by atoms with E-state index in [9.17, 15) is 25.2 Å². The summed E-state index contributed by atoms with van der Waals surface area (Å²) >= 11 is 0. The van der Waals surface area contributed by atoms with Gasteiger partial charge < -0.3 is 20.4 Å². The minimum absolute atomic E-state index is 0.0890. The topological polar surface area (TPSA) is 98.0 Å². The van der Waals surface area contributed by atoms with Crippen molar-refractivity contribution in [2.24, 2.45) is 34.5 Å². The number of carbonyl (C=O) groups is 1. The fourth-order valence-electron chi connectivity index (χ4n) is 7.10. The molecule has 0 unspecified atom stereocenters. The van der Waals surface area contributed by atoms with E-state index in [0.29, 0.717) is 18.6 Å². The number of rotatable bonds is 0. The van der Waals surface area contributed by atoms with Crippen molar-refractivity contribution in [1.82, 2.24) is 0 Å². The van der Waals surface area contributed by atoms with E-state index in [2.05, 4.69) is 6.92 Å². The molecule has 4 fully saturated rings. The van der Waals surface area contributed by atoms with Crippen molar-refractivity contribution >= 4 is 5.78 Å². The Labute approximate surface area is 143 Å². The second-order valence-corrected chi connectivity index (χ2v) is 9.32. The molecule has 0 aromatic rings. The summed E-state index contributed by atoms with van der Waals surface area (Å²) in [4.78, 5) is 12.4. The minimum atomic E-state index is -1.04. The molecule has 4 aliphatic rings. The molecule has 4 aliphatic carbocycles. The van der Waals surface area contributed by atoms with Gasteiger partial charge in [-0.25, -0.2) is 0 Å².